The molecule has 0 aromatic heterocycles. The number of likely N-dealkylation sites (tertiary alicyclic amines) is 1. The molecule has 0 amide bonds. The minimum atomic E-state index is 0.167. The van der Waals surface area contributed by atoms with E-state index in [1.54, 1.807) is 7.11 Å². The van der Waals surface area contributed by atoms with Gasteiger partial charge in [-0.1, -0.05) is 6.92 Å². The van der Waals surface area contributed by atoms with Gasteiger partial charge in [-0.05, 0) is 73.1 Å². The van der Waals surface area contributed by atoms with E-state index in [0.29, 0.717) is 16.3 Å². The van der Waals surface area contributed by atoms with E-state index >= 15 is 0 Å². The number of hydrogen-bond donors (Lipinski definition) is 1. The summed E-state index contributed by atoms with van der Waals surface area (Å²) in [6.45, 7) is 6.62. The third-order valence-electron chi connectivity index (χ3n) is 4.37. The highest BCUT2D eigenvalue weighted by Crippen LogP contribution is 2.35. The Hall–Kier alpha value is -0.780. The van der Waals surface area contributed by atoms with Crippen molar-refractivity contribution in [1.82, 2.24) is 9.80 Å². The van der Waals surface area contributed by atoms with Gasteiger partial charge in [0, 0.05) is 12.6 Å². The van der Waals surface area contributed by atoms with Crippen LogP contribution < -0.4 is 4.74 Å². The first-order chi connectivity index (χ1) is 10.0. The summed E-state index contributed by atoms with van der Waals surface area (Å²) in [5, 5.41) is 9.87. The van der Waals surface area contributed by atoms with Crippen LogP contribution in [0.25, 0.3) is 0 Å². The van der Waals surface area contributed by atoms with Gasteiger partial charge in [0.25, 0.3) is 0 Å². The Bertz CT molecular complexity index is 474. The molecule has 1 saturated heterocycles. The lowest BCUT2D eigenvalue weighted by molar-refractivity contribution is 0.127. The fourth-order valence-electron chi connectivity index (χ4n) is 2.97. The summed E-state index contributed by atoms with van der Waals surface area (Å²) in [6.07, 6.45) is 2.45. The first-order valence-corrected chi connectivity index (χ1v) is 8.32. The minimum Gasteiger partial charge on any atom is -0.503 e. The van der Waals surface area contributed by atoms with Crippen molar-refractivity contribution in [2.75, 3.05) is 33.8 Å². The van der Waals surface area contributed by atoms with Crippen LogP contribution in [0.1, 0.15) is 25.3 Å². The minimum absolute atomic E-state index is 0.167. The number of halogens is 1. The van der Waals surface area contributed by atoms with Gasteiger partial charge in [0.1, 0.15) is 0 Å². The second-order valence-electron chi connectivity index (χ2n) is 5.71. The van der Waals surface area contributed by atoms with Crippen molar-refractivity contribution in [3.05, 3.63) is 22.2 Å². The second-order valence-corrected chi connectivity index (χ2v) is 6.56. The normalized spacial score (nSPS) is 17.4. The Morgan fingerprint density at radius 2 is 2.05 bits per heavy atom. The average molecular weight is 357 g/mol. The Labute approximate surface area is 135 Å². The van der Waals surface area contributed by atoms with Crippen molar-refractivity contribution in [3.8, 4) is 11.5 Å². The molecule has 0 saturated carbocycles. The maximum atomic E-state index is 9.87. The number of rotatable bonds is 5. The summed E-state index contributed by atoms with van der Waals surface area (Å²) in [6, 6.07) is 4.51. The van der Waals surface area contributed by atoms with E-state index in [-0.39, 0.29) is 5.75 Å². The zero-order valence-electron chi connectivity index (χ0n) is 13.1. The third-order valence-corrected chi connectivity index (χ3v) is 4.97. The number of hydrogen-bond acceptors (Lipinski definition) is 4. The summed E-state index contributed by atoms with van der Waals surface area (Å²) >= 11 is 3.39. The van der Waals surface area contributed by atoms with Gasteiger partial charge < -0.3 is 14.7 Å². The molecule has 1 aliphatic heterocycles. The first kappa shape index (κ1) is 16.6. The van der Waals surface area contributed by atoms with Crippen LogP contribution in [0.3, 0.4) is 0 Å². The largest absolute Gasteiger partial charge is 0.503 e. The quantitative estimate of drug-likeness (QED) is 0.879. The molecule has 0 radical (unpaired) electrons. The van der Waals surface area contributed by atoms with Crippen LogP contribution in [0.15, 0.2) is 16.6 Å². The molecule has 1 heterocycles. The molecule has 1 aliphatic rings. The fraction of sp³-hybridized carbons (Fsp3) is 0.625. The van der Waals surface area contributed by atoms with Gasteiger partial charge in [-0.25, -0.2) is 0 Å². The first-order valence-electron chi connectivity index (χ1n) is 7.53. The molecule has 4 nitrogen and oxygen atoms in total. The highest BCUT2D eigenvalue weighted by atomic mass is 79.9. The Morgan fingerprint density at radius 3 is 2.62 bits per heavy atom. The summed E-state index contributed by atoms with van der Waals surface area (Å²) in [4.78, 5) is 4.91. The van der Waals surface area contributed by atoms with Crippen molar-refractivity contribution in [1.29, 1.82) is 0 Å². The maximum absolute atomic E-state index is 9.87. The number of phenols is 1. The van der Waals surface area contributed by atoms with E-state index < -0.39 is 0 Å². The highest BCUT2D eigenvalue weighted by molar-refractivity contribution is 9.10. The number of ether oxygens (including phenoxy) is 1. The average Bonchev–Trinajstić information content (AvgIpc) is 2.50. The molecular weight excluding hydrogens is 332 g/mol. The van der Waals surface area contributed by atoms with Crippen molar-refractivity contribution < 1.29 is 9.84 Å². The second kappa shape index (κ2) is 7.47. The molecule has 5 heteroatoms. The monoisotopic (exact) mass is 356 g/mol. The molecule has 0 aliphatic carbocycles. The SMILES string of the molecule is CCN1CCC(N(C)Cc2cc(Br)c(O)c(OC)c2)CC1. The van der Waals surface area contributed by atoms with E-state index in [4.69, 9.17) is 4.74 Å². The van der Waals surface area contributed by atoms with Crippen LogP contribution in [0.4, 0.5) is 0 Å². The molecule has 1 aromatic rings. The van der Waals surface area contributed by atoms with E-state index in [1.165, 1.54) is 25.9 Å². The summed E-state index contributed by atoms with van der Waals surface area (Å²) < 4.78 is 5.90. The maximum Gasteiger partial charge on any atom is 0.172 e. The fourth-order valence-corrected chi connectivity index (χ4v) is 3.46. The number of piperidine rings is 1. The van der Waals surface area contributed by atoms with E-state index in [0.717, 1.165) is 18.7 Å². The molecule has 0 atom stereocenters. The van der Waals surface area contributed by atoms with Crippen LogP contribution in [0.2, 0.25) is 0 Å². The number of methoxy groups -OCH3 is 1. The molecule has 2 rings (SSSR count). The van der Waals surface area contributed by atoms with Crippen molar-refractivity contribution in [2.45, 2.75) is 32.4 Å². The summed E-state index contributed by atoms with van der Waals surface area (Å²) in [5.74, 6) is 0.689. The van der Waals surface area contributed by atoms with Crippen LogP contribution in [-0.4, -0.2) is 54.7 Å². The number of aromatic hydroxyl groups is 1. The lowest BCUT2D eigenvalue weighted by Crippen LogP contribution is -2.42. The van der Waals surface area contributed by atoms with Crippen molar-refractivity contribution >= 4 is 15.9 Å². The Kier molecular flexibility index (Phi) is 5.90. The predicted molar refractivity (Wildman–Crippen MR) is 89.0 cm³/mol. The standard InChI is InChI=1S/C16H25BrN2O2/c1-4-19-7-5-13(6-8-19)18(2)11-12-9-14(17)16(20)15(10-12)21-3/h9-10,13,20H,4-8,11H2,1-3H3. The third kappa shape index (κ3) is 4.11. The molecule has 21 heavy (non-hydrogen) atoms. The molecular formula is C16H25BrN2O2. The van der Waals surface area contributed by atoms with Gasteiger partial charge in [-0.3, -0.25) is 4.90 Å². The van der Waals surface area contributed by atoms with Gasteiger partial charge in [0.15, 0.2) is 11.5 Å². The topological polar surface area (TPSA) is 35.9 Å². The molecule has 1 N–H and O–H groups in total. The Morgan fingerprint density at radius 1 is 1.38 bits per heavy atom. The van der Waals surface area contributed by atoms with E-state index in [1.807, 2.05) is 12.1 Å². The Balaban J connectivity index is 2.00. The smallest absolute Gasteiger partial charge is 0.172 e. The molecule has 0 bridgehead atoms. The number of nitrogens with zero attached hydrogens (tertiary/aromatic N) is 2. The van der Waals surface area contributed by atoms with E-state index in [9.17, 15) is 5.11 Å². The van der Waals surface area contributed by atoms with Gasteiger partial charge in [0.05, 0.1) is 11.6 Å². The van der Waals surface area contributed by atoms with Crippen LogP contribution in [0, 0.1) is 0 Å². The van der Waals surface area contributed by atoms with Crippen LogP contribution in [0.5, 0.6) is 11.5 Å². The highest BCUT2D eigenvalue weighted by Gasteiger charge is 2.22. The summed E-state index contributed by atoms with van der Waals surface area (Å²) in [5.41, 5.74) is 1.15. The molecule has 0 spiro atoms. The van der Waals surface area contributed by atoms with E-state index in [2.05, 4.69) is 39.7 Å². The lowest BCUT2D eigenvalue weighted by atomic mass is 10.0. The van der Waals surface area contributed by atoms with Gasteiger partial charge >= 0.3 is 0 Å². The zero-order chi connectivity index (χ0) is 15.4. The number of benzene rings is 1. The van der Waals surface area contributed by atoms with Crippen LogP contribution >= 0.6 is 15.9 Å². The summed E-state index contributed by atoms with van der Waals surface area (Å²) in [7, 11) is 3.76. The number of phenolic OH excluding ortho intramolecular Hbond substituents is 1. The van der Waals surface area contributed by atoms with Gasteiger partial charge in [-0.2, -0.15) is 0 Å². The molecule has 118 valence electrons. The predicted octanol–water partition coefficient (Wildman–Crippen LogP) is 3.08. The zero-order valence-corrected chi connectivity index (χ0v) is 14.7. The van der Waals surface area contributed by atoms with Crippen molar-refractivity contribution in [3.63, 3.8) is 0 Å². The van der Waals surface area contributed by atoms with Gasteiger partial charge in [0.2, 0.25) is 0 Å². The lowest BCUT2D eigenvalue weighted by Gasteiger charge is -2.36. The van der Waals surface area contributed by atoms with Gasteiger partial charge in [-0.15, -0.1) is 0 Å². The molecule has 1 aromatic carbocycles. The molecule has 0 unspecified atom stereocenters. The molecule has 1 fully saturated rings. The van der Waals surface area contributed by atoms with Crippen molar-refractivity contribution in [2.24, 2.45) is 0 Å². The van der Waals surface area contributed by atoms with Crippen LogP contribution in [-0.2, 0) is 6.54 Å².